The van der Waals surface area contributed by atoms with Crippen LogP contribution in [0, 0.1) is 5.92 Å². The van der Waals surface area contributed by atoms with Crippen LogP contribution in [0.2, 0.25) is 0 Å². The number of alkyl halides is 3. The van der Waals surface area contributed by atoms with Crippen LogP contribution < -0.4 is 0 Å². The molecule has 1 saturated heterocycles. The minimum Gasteiger partial charge on any atom is -0.481 e. The molecule has 2 rings (SSSR count). The average molecular weight is 287 g/mol. The van der Waals surface area contributed by atoms with E-state index in [1.165, 1.54) is 0 Å². The van der Waals surface area contributed by atoms with Crippen LogP contribution in [0.5, 0.6) is 0 Å². The SMILES string of the molecule is O=C(O)[C@H]1CN(C(=O)C(F)(F)F)C[C@H]1c1ccccc1. The minimum atomic E-state index is -4.98. The number of nitrogens with zero attached hydrogens (tertiary/aromatic N) is 1. The number of benzene rings is 1. The molecule has 0 spiro atoms. The average Bonchev–Trinajstić information content (AvgIpc) is 2.82. The summed E-state index contributed by atoms with van der Waals surface area (Å²) in [5, 5.41) is 9.13. The summed E-state index contributed by atoms with van der Waals surface area (Å²) in [6.45, 7) is -0.660. The zero-order valence-electron chi connectivity index (χ0n) is 10.3. The fraction of sp³-hybridized carbons (Fsp3) is 0.385. The van der Waals surface area contributed by atoms with Crippen molar-refractivity contribution in [2.24, 2.45) is 5.92 Å². The zero-order chi connectivity index (χ0) is 14.9. The fourth-order valence-electron chi connectivity index (χ4n) is 2.44. The number of carbonyl (C=O) groups is 2. The van der Waals surface area contributed by atoms with Crippen LogP contribution in [0.4, 0.5) is 13.2 Å². The molecule has 4 nitrogen and oxygen atoms in total. The lowest BCUT2D eigenvalue weighted by atomic mass is 9.89. The van der Waals surface area contributed by atoms with Gasteiger partial charge in [0.05, 0.1) is 5.92 Å². The van der Waals surface area contributed by atoms with Gasteiger partial charge in [-0.2, -0.15) is 13.2 Å². The standard InChI is InChI=1S/C13H12F3NO3/c14-13(15,16)12(20)17-6-9(10(7-17)11(18)19)8-4-2-1-3-5-8/h1-5,9-10H,6-7H2,(H,18,19)/t9-,10-/m0/s1. The van der Waals surface area contributed by atoms with E-state index in [0.29, 0.717) is 10.5 Å². The topological polar surface area (TPSA) is 57.6 Å². The number of aliphatic carboxylic acids is 1. The fourth-order valence-corrected chi connectivity index (χ4v) is 2.44. The van der Waals surface area contributed by atoms with Crippen molar-refractivity contribution in [2.45, 2.75) is 12.1 Å². The van der Waals surface area contributed by atoms with Gasteiger partial charge in [0.15, 0.2) is 0 Å². The molecule has 0 aromatic heterocycles. The van der Waals surface area contributed by atoms with Crippen molar-refractivity contribution >= 4 is 11.9 Å². The largest absolute Gasteiger partial charge is 0.481 e. The monoisotopic (exact) mass is 287 g/mol. The predicted molar refractivity (Wildman–Crippen MR) is 62.9 cm³/mol. The summed E-state index contributed by atoms with van der Waals surface area (Å²) in [6, 6.07) is 8.40. The number of amides is 1. The molecule has 1 aliphatic rings. The summed E-state index contributed by atoms with van der Waals surface area (Å²) in [6.07, 6.45) is -4.98. The quantitative estimate of drug-likeness (QED) is 0.903. The summed E-state index contributed by atoms with van der Waals surface area (Å²) in [4.78, 5) is 23.0. The Bertz CT molecular complexity index is 515. The van der Waals surface area contributed by atoms with Gasteiger partial charge < -0.3 is 10.0 Å². The molecule has 1 aromatic rings. The Labute approximate surface area is 112 Å². The van der Waals surface area contributed by atoms with Gasteiger partial charge in [0.25, 0.3) is 0 Å². The highest BCUT2D eigenvalue weighted by molar-refractivity contribution is 5.83. The van der Waals surface area contributed by atoms with Crippen molar-refractivity contribution < 1.29 is 27.9 Å². The van der Waals surface area contributed by atoms with Crippen LogP contribution in [-0.2, 0) is 9.59 Å². The van der Waals surface area contributed by atoms with E-state index < -0.39 is 36.4 Å². The normalized spacial score (nSPS) is 22.9. The number of hydrogen-bond acceptors (Lipinski definition) is 2. The molecule has 2 atom stereocenters. The highest BCUT2D eigenvalue weighted by atomic mass is 19.4. The molecule has 1 fully saturated rings. The first-order valence-corrected chi connectivity index (χ1v) is 5.94. The maximum atomic E-state index is 12.4. The van der Waals surface area contributed by atoms with Gasteiger partial charge in [-0.3, -0.25) is 9.59 Å². The lowest BCUT2D eigenvalue weighted by molar-refractivity contribution is -0.184. The van der Waals surface area contributed by atoms with Crippen LogP contribution in [0.15, 0.2) is 30.3 Å². The molecule has 1 aromatic carbocycles. The summed E-state index contributed by atoms with van der Waals surface area (Å²) in [5.41, 5.74) is 0.623. The molecule has 1 amide bonds. The molecule has 0 unspecified atom stereocenters. The number of halogens is 3. The van der Waals surface area contributed by atoms with Gasteiger partial charge in [-0.25, -0.2) is 0 Å². The molecule has 1 heterocycles. The van der Waals surface area contributed by atoms with Crippen molar-refractivity contribution in [3.63, 3.8) is 0 Å². The Morgan fingerprint density at radius 3 is 2.25 bits per heavy atom. The van der Waals surface area contributed by atoms with E-state index in [2.05, 4.69) is 0 Å². The van der Waals surface area contributed by atoms with E-state index in [4.69, 9.17) is 5.11 Å². The second kappa shape index (κ2) is 5.15. The summed E-state index contributed by atoms with van der Waals surface area (Å²) in [7, 11) is 0. The number of rotatable bonds is 2. The molecule has 0 radical (unpaired) electrons. The minimum absolute atomic E-state index is 0.237. The Morgan fingerprint density at radius 1 is 1.15 bits per heavy atom. The van der Waals surface area contributed by atoms with E-state index in [-0.39, 0.29) is 6.54 Å². The Morgan fingerprint density at radius 2 is 1.75 bits per heavy atom. The second-order valence-corrected chi connectivity index (χ2v) is 4.67. The van der Waals surface area contributed by atoms with Crippen LogP contribution in [0.25, 0.3) is 0 Å². The van der Waals surface area contributed by atoms with Crippen LogP contribution in [-0.4, -0.2) is 41.1 Å². The van der Waals surface area contributed by atoms with Crippen molar-refractivity contribution in [3.05, 3.63) is 35.9 Å². The van der Waals surface area contributed by atoms with E-state index in [0.717, 1.165) is 0 Å². The lowest BCUT2D eigenvalue weighted by Crippen LogP contribution is -2.40. The first kappa shape index (κ1) is 14.4. The summed E-state index contributed by atoms with van der Waals surface area (Å²) in [5.74, 6) is -4.83. The molecule has 7 heteroatoms. The van der Waals surface area contributed by atoms with Crippen LogP contribution in [0.1, 0.15) is 11.5 Å². The molecular weight excluding hydrogens is 275 g/mol. The Kier molecular flexibility index (Phi) is 3.69. The maximum absolute atomic E-state index is 12.4. The van der Waals surface area contributed by atoms with Gasteiger partial charge in [-0.1, -0.05) is 30.3 Å². The van der Waals surface area contributed by atoms with Crippen molar-refractivity contribution in [3.8, 4) is 0 Å². The molecule has 20 heavy (non-hydrogen) atoms. The van der Waals surface area contributed by atoms with E-state index in [1.54, 1.807) is 30.3 Å². The number of carbonyl (C=O) groups excluding carboxylic acids is 1. The number of hydrogen-bond donors (Lipinski definition) is 1. The number of carboxylic acid groups (broad SMARTS) is 1. The maximum Gasteiger partial charge on any atom is 0.471 e. The summed E-state index contributed by atoms with van der Waals surface area (Å²) < 4.78 is 37.3. The van der Waals surface area contributed by atoms with Gasteiger partial charge in [0.2, 0.25) is 0 Å². The van der Waals surface area contributed by atoms with Gasteiger partial charge in [-0.05, 0) is 5.56 Å². The molecule has 0 aliphatic carbocycles. The molecule has 1 aliphatic heterocycles. The van der Waals surface area contributed by atoms with Crippen molar-refractivity contribution in [2.75, 3.05) is 13.1 Å². The van der Waals surface area contributed by atoms with Gasteiger partial charge >= 0.3 is 18.1 Å². The van der Waals surface area contributed by atoms with Gasteiger partial charge in [-0.15, -0.1) is 0 Å². The van der Waals surface area contributed by atoms with E-state index in [1.807, 2.05) is 0 Å². The zero-order valence-corrected chi connectivity index (χ0v) is 10.3. The third kappa shape index (κ3) is 2.76. The first-order valence-electron chi connectivity index (χ1n) is 5.94. The highest BCUT2D eigenvalue weighted by Gasteiger charge is 2.48. The van der Waals surface area contributed by atoms with E-state index in [9.17, 15) is 22.8 Å². The smallest absolute Gasteiger partial charge is 0.471 e. The number of carboxylic acids is 1. The molecular formula is C13H12F3NO3. The first-order chi connectivity index (χ1) is 9.30. The van der Waals surface area contributed by atoms with Gasteiger partial charge in [0.1, 0.15) is 0 Å². The highest BCUT2D eigenvalue weighted by Crippen LogP contribution is 2.34. The Balaban J connectivity index is 2.25. The molecule has 0 bridgehead atoms. The summed E-state index contributed by atoms with van der Waals surface area (Å²) >= 11 is 0. The second-order valence-electron chi connectivity index (χ2n) is 4.67. The lowest BCUT2D eigenvalue weighted by Gasteiger charge is -2.17. The third-order valence-electron chi connectivity index (χ3n) is 3.39. The molecule has 0 saturated carbocycles. The van der Waals surface area contributed by atoms with Crippen molar-refractivity contribution in [1.29, 1.82) is 0 Å². The predicted octanol–water partition coefficient (Wildman–Crippen LogP) is 1.88. The van der Waals surface area contributed by atoms with Crippen LogP contribution >= 0.6 is 0 Å². The Hall–Kier alpha value is -2.05. The third-order valence-corrected chi connectivity index (χ3v) is 3.39. The van der Waals surface area contributed by atoms with Crippen molar-refractivity contribution in [1.82, 2.24) is 4.90 Å². The van der Waals surface area contributed by atoms with Gasteiger partial charge in [0, 0.05) is 19.0 Å². The molecule has 1 N–H and O–H groups in total. The number of likely N-dealkylation sites (tertiary alicyclic amines) is 1. The van der Waals surface area contributed by atoms with E-state index >= 15 is 0 Å². The van der Waals surface area contributed by atoms with Crippen LogP contribution in [0.3, 0.4) is 0 Å². The molecule has 108 valence electrons.